The van der Waals surface area contributed by atoms with Gasteiger partial charge in [0.25, 0.3) is 0 Å². The van der Waals surface area contributed by atoms with E-state index in [0.29, 0.717) is 25.0 Å². The Kier molecular flexibility index (Phi) is 26.8. The van der Waals surface area contributed by atoms with Crippen LogP contribution in [0.3, 0.4) is 0 Å². The fourth-order valence-electron chi connectivity index (χ4n) is 11.5. The molecule has 0 aromatic carbocycles. The zero-order chi connectivity index (χ0) is 58.4. The van der Waals surface area contributed by atoms with Gasteiger partial charge in [0.05, 0.1) is 82.0 Å². The highest BCUT2D eigenvalue weighted by molar-refractivity contribution is 8.00. The summed E-state index contributed by atoms with van der Waals surface area (Å²) < 4.78 is 33.6. The van der Waals surface area contributed by atoms with Gasteiger partial charge in [0.2, 0.25) is 35.3 Å². The number of aliphatic hydroxyl groups excluding tert-OH is 1. The minimum Gasteiger partial charge on any atom is -0.481 e. The van der Waals surface area contributed by atoms with Gasteiger partial charge in [-0.05, 0) is 61.8 Å². The molecule has 4 aliphatic rings. The number of fused-ring (bicyclic) bond motifs is 5. The quantitative estimate of drug-likeness (QED) is 0.0188. The second-order valence-electron chi connectivity index (χ2n) is 20.4. The van der Waals surface area contributed by atoms with Crippen molar-refractivity contribution in [2.45, 2.75) is 127 Å². The van der Waals surface area contributed by atoms with E-state index in [1.807, 2.05) is 27.7 Å². The van der Waals surface area contributed by atoms with Gasteiger partial charge in [0.15, 0.2) is 11.4 Å². The van der Waals surface area contributed by atoms with Gasteiger partial charge in [-0.25, -0.2) is 0 Å². The maximum Gasteiger partial charge on any atom is 0.306 e. The fraction of sp³-hybridized carbons (Fsp3) is 0.736. The number of carboxylic acid groups (broad SMARTS) is 2. The number of ketones is 2. The summed E-state index contributed by atoms with van der Waals surface area (Å²) in [5.41, 5.74) is -2.84. The van der Waals surface area contributed by atoms with Crippen LogP contribution >= 0.6 is 23.4 Å². The number of alkyl halides is 1. The van der Waals surface area contributed by atoms with E-state index in [1.165, 1.54) is 17.8 Å². The number of halogens is 1. The number of hydrogen-bond acceptors (Lipinski definition) is 18. The van der Waals surface area contributed by atoms with Gasteiger partial charge < -0.3 is 70.3 Å². The summed E-state index contributed by atoms with van der Waals surface area (Å²) in [5, 5.41) is 42.2. The molecule has 26 heteroatoms. The van der Waals surface area contributed by atoms with Crippen molar-refractivity contribution in [1.82, 2.24) is 26.6 Å². The van der Waals surface area contributed by atoms with Crippen LogP contribution in [0.4, 0.5) is 0 Å². The van der Waals surface area contributed by atoms with Crippen LogP contribution in [0.1, 0.15) is 98.8 Å². The number of carboxylic acids is 2. The first-order chi connectivity index (χ1) is 37.5. The number of ether oxygens (including phenoxy) is 6. The Morgan fingerprint density at radius 3 is 2.05 bits per heavy atom. The van der Waals surface area contributed by atoms with Crippen molar-refractivity contribution in [3.8, 4) is 0 Å². The van der Waals surface area contributed by atoms with E-state index in [1.54, 1.807) is 19.1 Å². The molecule has 3 saturated carbocycles. The number of thioether (sulfide) groups is 1. The summed E-state index contributed by atoms with van der Waals surface area (Å²) in [7, 11) is 0. The van der Waals surface area contributed by atoms with E-state index in [-0.39, 0.29) is 128 Å². The summed E-state index contributed by atoms with van der Waals surface area (Å²) in [6.45, 7) is 9.41. The van der Waals surface area contributed by atoms with Gasteiger partial charge in [-0.3, -0.25) is 47.9 Å². The molecule has 2 unspecified atom stereocenters. The summed E-state index contributed by atoms with van der Waals surface area (Å²) in [5.74, 6) is -7.05. The molecule has 0 radical (unpaired) electrons. The van der Waals surface area contributed by atoms with Gasteiger partial charge >= 0.3 is 17.9 Å². The van der Waals surface area contributed by atoms with Crippen molar-refractivity contribution in [3.63, 3.8) is 0 Å². The third-order valence-corrected chi connectivity index (χ3v) is 17.4. The number of hydrogen-bond donors (Lipinski definition) is 8. The largest absolute Gasteiger partial charge is 0.481 e. The Balaban J connectivity index is 1.10. The molecule has 4 aliphatic carbocycles. The van der Waals surface area contributed by atoms with Crippen molar-refractivity contribution < 1.29 is 91.7 Å². The molecule has 10 atom stereocenters. The second-order valence-corrected chi connectivity index (χ2v) is 22.5. The molecule has 0 spiro atoms. The normalized spacial score (nSPS) is 26.5. The third-order valence-electron chi connectivity index (χ3n) is 15.3. The molecule has 0 saturated heterocycles. The molecule has 24 nitrogen and oxygen atoms in total. The Bertz CT molecular complexity index is 2240. The van der Waals surface area contributed by atoms with Crippen molar-refractivity contribution in [2.75, 3.05) is 91.6 Å². The smallest absolute Gasteiger partial charge is 0.306 e. The van der Waals surface area contributed by atoms with Crippen LogP contribution in [0, 0.1) is 28.6 Å². The summed E-state index contributed by atoms with van der Waals surface area (Å²) >= 11 is 8.83. The van der Waals surface area contributed by atoms with Gasteiger partial charge in [-0.2, -0.15) is 0 Å². The third kappa shape index (κ3) is 17.7. The van der Waals surface area contributed by atoms with Crippen LogP contribution in [0.2, 0.25) is 0 Å². The Morgan fingerprint density at radius 1 is 0.772 bits per heavy atom. The van der Waals surface area contributed by atoms with Crippen LogP contribution in [-0.2, 0) is 76.4 Å². The number of aliphatic carboxylic acids is 2. The minimum atomic E-state index is -1.74. The van der Waals surface area contributed by atoms with Gasteiger partial charge in [0, 0.05) is 55.5 Å². The van der Waals surface area contributed by atoms with Crippen molar-refractivity contribution in [2.24, 2.45) is 28.6 Å². The number of Topliss-reactive ketones (excluding diaryl/α,β-unsaturated/α-hetero) is 1. The van der Waals surface area contributed by atoms with Crippen LogP contribution < -0.4 is 26.6 Å². The minimum absolute atomic E-state index is 0.00327. The molecule has 79 heavy (non-hydrogen) atoms. The maximum absolute atomic E-state index is 14.6. The topological polar surface area (TPSA) is 347 Å². The maximum atomic E-state index is 14.6. The average Bonchev–Trinajstić information content (AvgIpc) is 3.46. The molecule has 0 aromatic heterocycles. The Labute approximate surface area is 469 Å². The zero-order valence-electron chi connectivity index (χ0n) is 45.8. The first-order valence-corrected chi connectivity index (χ1v) is 28.3. The van der Waals surface area contributed by atoms with E-state index in [2.05, 4.69) is 26.6 Å². The monoisotopic (exact) mass is 1160 g/mol. The first kappa shape index (κ1) is 66.5. The second kappa shape index (κ2) is 31.8. The van der Waals surface area contributed by atoms with Crippen LogP contribution in [0.25, 0.3) is 0 Å². The fourth-order valence-corrected chi connectivity index (χ4v) is 12.9. The molecule has 0 bridgehead atoms. The van der Waals surface area contributed by atoms with E-state index in [0.717, 1.165) is 5.57 Å². The number of carbonyl (C=O) groups excluding carboxylic acids is 8. The summed E-state index contributed by atoms with van der Waals surface area (Å²) in [6, 6.07) is -1.36. The lowest BCUT2D eigenvalue weighted by atomic mass is 9.45. The van der Waals surface area contributed by atoms with Crippen LogP contribution in [-0.4, -0.2) is 194 Å². The molecule has 5 amide bonds. The van der Waals surface area contributed by atoms with E-state index in [9.17, 15) is 58.2 Å². The number of amides is 5. The predicted molar refractivity (Wildman–Crippen MR) is 285 cm³/mol. The van der Waals surface area contributed by atoms with Gasteiger partial charge in [-0.15, -0.1) is 23.4 Å². The van der Waals surface area contributed by atoms with E-state index in [4.69, 9.17) is 45.1 Å². The van der Waals surface area contributed by atoms with Crippen molar-refractivity contribution in [1.29, 1.82) is 0 Å². The number of esters is 1. The molecule has 3 fully saturated rings. The lowest BCUT2D eigenvalue weighted by molar-refractivity contribution is -0.203. The van der Waals surface area contributed by atoms with Gasteiger partial charge in [0.1, 0.15) is 19.4 Å². The molecular weight excluding hydrogens is 1080 g/mol. The lowest BCUT2D eigenvalue weighted by Crippen LogP contribution is -2.69. The molecule has 0 aromatic rings. The molecule has 4 rings (SSSR count). The number of aliphatic hydroxyl groups is 1. The number of allylic oxidation sites excluding steroid dienone is 4. The molecule has 444 valence electrons. The van der Waals surface area contributed by atoms with Crippen LogP contribution in [0.5, 0.6) is 0 Å². The highest BCUT2D eigenvalue weighted by Gasteiger charge is 2.76. The molecule has 0 heterocycles. The molecular formula is C53H80ClN5O19S. The standard InChI is InChI=1S/C53H80ClN5O19S/c1-6-47(70)78-53(33(3)26-37-36-9-8-34-27-35(60)12-15-50(34,4)52(36,54)40(61)29-51(37,53)5)41(62)31-77-32-58-48(71)38(10-11-45(66)67)59-44(65)30-57-43(64)14-18-73-20-22-75-24-25-76-23-21-74-19-17-55-42(63)13-16-56-49(72)39(79-7-2)28-46(68)69/h12,15,27,33,36-40,61H,6-11,13-14,16-26,28-32H2,1-5H3,(H,55,63)(H,56,72)(H,57,64)(H,58,71)(H,59,65)(H,66,67)(H,68,69)/t33-,36-,37?,38-,39?,40-,50-,51-,52-,53-/m0/s1. The first-order valence-electron chi connectivity index (χ1n) is 26.9. The highest BCUT2D eigenvalue weighted by Crippen LogP contribution is 2.72. The number of nitrogens with one attached hydrogen (secondary N) is 5. The van der Waals surface area contributed by atoms with Crippen molar-refractivity contribution in [3.05, 3.63) is 23.8 Å². The van der Waals surface area contributed by atoms with E-state index >= 15 is 0 Å². The SMILES string of the molecule is CCSC(CC(=O)O)C(=O)NCCC(=O)NCCOCCOCCOCCOCCC(=O)NCC(=O)N[C@@H](CCC(=O)O)C(=O)NCOCC(=O)[C@@]1(OC(=O)CC)[C@@H](C)CC2[C@@H]3CCC4=CC(=O)C=C[C@]4(C)[C@@]3(Cl)[C@@H](O)C[C@@]21C. The molecule has 0 aliphatic heterocycles. The average molecular weight is 1160 g/mol. The predicted octanol–water partition coefficient (Wildman–Crippen LogP) is 1.37. The van der Waals surface area contributed by atoms with Crippen molar-refractivity contribution >= 4 is 82.4 Å². The van der Waals surface area contributed by atoms with Crippen LogP contribution in [0.15, 0.2) is 23.8 Å². The number of rotatable bonds is 37. The molecule has 8 N–H and O–H groups in total. The Hall–Kier alpha value is -5.02. The summed E-state index contributed by atoms with van der Waals surface area (Å²) in [6.07, 6.45) is 4.00. The Morgan fingerprint density at radius 2 is 1.42 bits per heavy atom. The summed E-state index contributed by atoms with van der Waals surface area (Å²) in [4.78, 5) is 124. The van der Waals surface area contributed by atoms with Gasteiger partial charge in [-0.1, -0.05) is 46.3 Å². The van der Waals surface area contributed by atoms with E-state index < -0.39 is 118 Å². The zero-order valence-corrected chi connectivity index (χ0v) is 47.4. The number of carbonyl (C=O) groups is 10. The highest BCUT2D eigenvalue weighted by atomic mass is 35.5. The lowest BCUT2D eigenvalue weighted by Gasteiger charge is -2.64.